The van der Waals surface area contributed by atoms with Crippen LogP contribution >= 0.6 is 23.2 Å². The topological polar surface area (TPSA) is 51.2 Å². The zero-order valence-corrected chi connectivity index (χ0v) is 18.5. The third-order valence-electron chi connectivity index (χ3n) is 5.20. The van der Waals surface area contributed by atoms with Crippen LogP contribution in [-0.2, 0) is 16.9 Å². The molecule has 3 aromatic rings. The van der Waals surface area contributed by atoms with E-state index in [2.05, 4.69) is 10.3 Å². The van der Waals surface area contributed by atoms with Crippen molar-refractivity contribution in [2.75, 3.05) is 6.61 Å². The molecule has 0 spiro atoms. The Morgan fingerprint density at radius 2 is 1.76 bits per heavy atom. The number of carbonyl (C=O) groups is 1. The van der Waals surface area contributed by atoms with E-state index in [-0.39, 0.29) is 45.0 Å². The summed E-state index contributed by atoms with van der Waals surface area (Å²) in [5, 5.41) is 2.91. The van der Waals surface area contributed by atoms with Crippen molar-refractivity contribution in [2.45, 2.75) is 18.3 Å². The highest BCUT2D eigenvalue weighted by molar-refractivity contribution is 6.34. The molecular weight excluding hydrogens is 476 g/mol. The number of hydrogen-bond donors (Lipinski definition) is 1. The summed E-state index contributed by atoms with van der Waals surface area (Å²) in [7, 11) is 0. The first-order chi connectivity index (χ1) is 15.7. The van der Waals surface area contributed by atoms with Gasteiger partial charge in [0.25, 0.3) is 5.91 Å². The number of nitrogens with zero attached hydrogens (tertiary/aromatic N) is 1. The van der Waals surface area contributed by atoms with E-state index in [0.717, 1.165) is 11.6 Å². The van der Waals surface area contributed by atoms with Gasteiger partial charge in [0, 0.05) is 28.4 Å². The highest BCUT2D eigenvalue weighted by atomic mass is 35.5. The van der Waals surface area contributed by atoms with Gasteiger partial charge in [-0.3, -0.25) is 9.78 Å². The second-order valence-corrected chi connectivity index (χ2v) is 8.32. The Hall–Kier alpha value is -2.87. The minimum Gasteiger partial charge on any atom is -0.352 e. The van der Waals surface area contributed by atoms with E-state index in [9.17, 15) is 18.0 Å². The number of aromatic nitrogens is 1. The van der Waals surface area contributed by atoms with E-state index < -0.39 is 11.8 Å². The van der Waals surface area contributed by atoms with Gasteiger partial charge in [0.15, 0.2) is 0 Å². The maximum Gasteiger partial charge on any atom is 0.425 e. The van der Waals surface area contributed by atoms with Crippen molar-refractivity contribution in [3.8, 4) is 0 Å². The first kappa shape index (κ1) is 23.3. The standard InChI is InChI=1S/C24H17Cl2F3N2O2/c25-19-8-18(9-20(26)10-19)23(24(27,28)29)11-17(14-33-23)21-7-6-16(13-30-21)22(32)31-12-15-4-2-1-3-5-15/h1-11,13H,12,14H2,(H,31,32). The quantitative estimate of drug-likeness (QED) is 0.461. The molecule has 2 aromatic carbocycles. The zero-order chi connectivity index (χ0) is 23.6. The van der Waals surface area contributed by atoms with Gasteiger partial charge in [-0.1, -0.05) is 53.5 Å². The number of benzene rings is 2. The Morgan fingerprint density at radius 1 is 1.06 bits per heavy atom. The summed E-state index contributed by atoms with van der Waals surface area (Å²) >= 11 is 11.9. The molecule has 4 rings (SSSR count). The summed E-state index contributed by atoms with van der Waals surface area (Å²) in [5.41, 5.74) is -1.19. The first-order valence-corrected chi connectivity index (χ1v) is 10.6. The van der Waals surface area contributed by atoms with Crippen molar-refractivity contribution < 1.29 is 22.7 Å². The SMILES string of the molecule is O=C(NCc1ccccc1)c1ccc(C2=CC(c3cc(Cl)cc(Cl)c3)(C(F)(F)F)OC2)nc1. The van der Waals surface area contributed by atoms with Crippen LogP contribution in [0.15, 0.2) is 72.9 Å². The van der Waals surface area contributed by atoms with Gasteiger partial charge in [0.05, 0.1) is 17.9 Å². The lowest BCUT2D eigenvalue weighted by Crippen LogP contribution is -2.41. The molecule has 0 saturated heterocycles. The molecule has 1 atom stereocenters. The van der Waals surface area contributed by atoms with Gasteiger partial charge >= 0.3 is 6.18 Å². The van der Waals surface area contributed by atoms with Gasteiger partial charge in [0.1, 0.15) is 0 Å². The molecule has 0 saturated carbocycles. The summed E-state index contributed by atoms with van der Waals surface area (Å²) in [6.07, 6.45) is -2.47. The highest BCUT2D eigenvalue weighted by Gasteiger charge is 2.58. The minimum atomic E-state index is -4.76. The van der Waals surface area contributed by atoms with Crippen molar-refractivity contribution in [3.63, 3.8) is 0 Å². The summed E-state index contributed by atoms with van der Waals surface area (Å²) in [6.45, 7) is 0.0207. The third-order valence-corrected chi connectivity index (χ3v) is 5.63. The van der Waals surface area contributed by atoms with Gasteiger partial charge in [0.2, 0.25) is 5.60 Å². The van der Waals surface area contributed by atoms with Crippen LogP contribution in [0.3, 0.4) is 0 Å². The van der Waals surface area contributed by atoms with Crippen molar-refractivity contribution in [3.05, 3.63) is 105 Å². The molecule has 170 valence electrons. The highest BCUT2D eigenvalue weighted by Crippen LogP contribution is 2.49. The fourth-order valence-corrected chi connectivity index (χ4v) is 4.05. The van der Waals surface area contributed by atoms with Gasteiger partial charge < -0.3 is 10.1 Å². The van der Waals surface area contributed by atoms with Crippen LogP contribution in [-0.4, -0.2) is 23.7 Å². The fourth-order valence-electron chi connectivity index (χ4n) is 3.53. The van der Waals surface area contributed by atoms with E-state index in [1.165, 1.54) is 36.5 Å². The summed E-state index contributed by atoms with van der Waals surface area (Å²) in [5.74, 6) is -0.340. The number of halogens is 5. The van der Waals surface area contributed by atoms with Gasteiger partial charge in [-0.25, -0.2) is 0 Å². The fraction of sp³-hybridized carbons (Fsp3) is 0.167. The van der Waals surface area contributed by atoms with Crippen molar-refractivity contribution in [2.24, 2.45) is 0 Å². The summed E-state index contributed by atoms with van der Waals surface area (Å²) in [6, 6.07) is 16.1. The predicted octanol–water partition coefficient (Wildman–Crippen LogP) is 6.19. The number of nitrogens with one attached hydrogen (secondary N) is 1. The maximum absolute atomic E-state index is 14.1. The van der Waals surface area contributed by atoms with Crippen LogP contribution in [0.25, 0.3) is 5.57 Å². The Balaban J connectivity index is 1.57. The lowest BCUT2D eigenvalue weighted by molar-refractivity contribution is -0.254. The monoisotopic (exact) mass is 492 g/mol. The number of carbonyl (C=O) groups excluding carboxylic acids is 1. The average molecular weight is 493 g/mol. The molecule has 0 fully saturated rings. The average Bonchev–Trinajstić information content (AvgIpc) is 3.25. The molecule has 1 N–H and O–H groups in total. The van der Waals surface area contributed by atoms with Crippen LogP contribution in [0.2, 0.25) is 10.0 Å². The molecule has 1 unspecified atom stereocenters. The molecule has 9 heteroatoms. The minimum absolute atomic E-state index is 0.0653. The zero-order valence-electron chi connectivity index (χ0n) is 17.0. The lowest BCUT2D eigenvalue weighted by atomic mass is 9.91. The molecule has 1 aliphatic heterocycles. The molecule has 1 aromatic heterocycles. The number of ether oxygens (including phenoxy) is 1. The molecule has 4 nitrogen and oxygen atoms in total. The third kappa shape index (κ3) is 4.90. The molecule has 0 bridgehead atoms. The number of hydrogen-bond acceptors (Lipinski definition) is 3. The maximum atomic E-state index is 14.1. The van der Waals surface area contributed by atoms with Crippen LogP contribution < -0.4 is 5.32 Å². The summed E-state index contributed by atoms with van der Waals surface area (Å²) in [4.78, 5) is 16.6. The number of alkyl halides is 3. The Morgan fingerprint density at radius 3 is 2.36 bits per heavy atom. The van der Waals surface area contributed by atoms with E-state index in [1.807, 2.05) is 30.3 Å². The molecule has 1 amide bonds. The smallest absolute Gasteiger partial charge is 0.352 e. The van der Waals surface area contributed by atoms with Gasteiger partial charge in [-0.2, -0.15) is 13.2 Å². The molecular formula is C24H17Cl2F3N2O2. The van der Waals surface area contributed by atoms with Crippen molar-refractivity contribution in [1.29, 1.82) is 0 Å². The molecule has 1 aliphatic rings. The number of amides is 1. The molecule has 0 radical (unpaired) electrons. The van der Waals surface area contributed by atoms with E-state index in [4.69, 9.17) is 27.9 Å². The molecule has 33 heavy (non-hydrogen) atoms. The van der Waals surface area contributed by atoms with Gasteiger partial charge in [-0.05, 0) is 47.5 Å². The van der Waals surface area contributed by atoms with Crippen LogP contribution in [0.1, 0.15) is 27.2 Å². The Kier molecular flexibility index (Phi) is 6.47. The van der Waals surface area contributed by atoms with Crippen LogP contribution in [0, 0.1) is 0 Å². The van der Waals surface area contributed by atoms with Crippen molar-refractivity contribution in [1.82, 2.24) is 10.3 Å². The summed E-state index contributed by atoms with van der Waals surface area (Å²) < 4.78 is 47.6. The second kappa shape index (κ2) is 9.17. The van der Waals surface area contributed by atoms with Crippen LogP contribution in [0.5, 0.6) is 0 Å². The van der Waals surface area contributed by atoms with E-state index in [1.54, 1.807) is 0 Å². The van der Waals surface area contributed by atoms with Crippen LogP contribution in [0.4, 0.5) is 13.2 Å². The number of pyridine rings is 1. The van der Waals surface area contributed by atoms with E-state index >= 15 is 0 Å². The normalized spacial score (nSPS) is 18.2. The predicted molar refractivity (Wildman–Crippen MR) is 120 cm³/mol. The molecule has 2 heterocycles. The Labute approximate surface area is 198 Å². The van der Waals surface area contributed by atoms with Crippen molar-refractivity contribution >= 4 is 34.7 Å². The lowest BCUT2D eigenvalue weighted by Gasteiger charge is -2.30. The first-order valence-electron chi connectivity index (χ1n) is 9.85. The van der Waals surface area contributed by atoms with Gasteiger partial charge in [-0.15, -0.1) is 0 Å². The van der Waals surface area contributed by atoms with E-state index in [0.29, 0.717) is 6.54 Å². The second-order valence-electron chi connectivity index (χ2n) is 7.45. The Bertz CT molecular complexity index is 1180. The number of rotatable bonds is 5. The largest absolute Gasteiger partial charge is 0.425 e. The molecule has 0 aliphatic carbocycles.